The van der Waals surface area contributed by atoms with E-state index in [1.807, 2.05) is 14.1 Å². The van der Waals surface area contributed by atoms with E-state index in [0.717, 1.165) is 0 Å². The van der Waals surface area contributed by atoms with Crippen molar-refractivity contribution < 1.29 is 24.2 Å². The third kappa shape index (κ3) is 3.44. The molecule has 0 aromatic rings. The zero-order valence-corrected chi connectivity index (χ0v) is 9.52. The van der Waals surface area contributed by atoms with Gasteiger partial charge in [0.15, 0.2) is 0 Å². The van der Waals surface area contributed by atoms with Crippen LogP contribution in [0.2, 0.25) is 0 Å². The smallest absolute Gasteiger partial charge is 0.138 e. The van der Waals surface area contributed by atoms with Gasteiger partial charge in [-0.2, -0.15) is 0 Å². The Morgan fingerprint density at radius 1 is 1.67 bits per heavy atom. The molecule has 1 aliphatic rings. The molecular weight excluding hydrogens is 198 g/mol. The van der Waals surface area contributed by atoms with Crippen LogP contribution < -0.4 is 5.11 Å². The topological polar surface area (TPSA) is 69.6 Å². The zero-order valence-electron chi connectivity index (χ0n) is 9.52. The first-order chi connectivity index (χ1) is 6.76. The Balaban J connectivity index is 2.72. The molecule has 0 saturated carbocycles. The number of rotatable bonds is 3. The number of hydrogen-bond acceptors (Lipinski definition) is 4. The van der Waals surface area contributed by atoms with E-state index in [2.05, 4.69) is 0 Å². The third-order valence-electron chi connectivity index (χ3n) is 2.64. The molecule has 0 aromatic heterocycles. The Morgan fingerprint density at radius 3 is 2.73 bits per heavy atom. The fourth-order valence-corrected chi connectivity index (χ4v) is 2.38. The summed E-state index contributed by atoms with van der Waals surface area (Å²) in [7, 11) is 4.00. The van der Waals surface area contributed by atoms with Crippen LogP contribution >= 0.6 is 0 Å². The first-order valence-corrected chi connectivity index (χ1v) is 5.07. The minimum absolute atomic E-state index is 0.0990. The molecule has 5 heteroatoms. The number of hydrogen-bond donors (Lipinski definition) is 1. The molecule has 0 aromatic carbocycles. The minimum atomic E-state index is -1.11. The van der Waals surface area contributed by atoms with E-state index in [-0.39, 0.29) is 19.1 Å². The lowest BCUT2D eigenvalue weighted by atomic mass is 10.0. The normalized spacial score (nSPS) is 35.1. The summed E-state index contributed by atoms with van der Waals surface area (Å²) in [5.41, 5.74) is -0.651. The predicted octanol–water partition coefficient (Wildman–Crippen LogP) is -1.65. The number of carboxylic acid groups (broad SMARTS) is 1. The van der Waals surface area contributed by atoms with Crippen LogP contribution in [0.4, 0.5) is 0 Å². The van der Waals surface area contributed by atoms with E-state index >= 15 is 0 Å². The van der Waals surface area contributed by atoms with Crippen LogP contribution in [0.5, 0.6) is 0 Å². The van der Waals surface area contributed by atoms with Crippen LogP contribution in [-0.2, 0) is 9.53 Å². The van der Waals surface area contributed by atoms with Gasteiger partial charge in [-0.3, -0.25) is 0 Å². The Morgan fingerprint density at radius 2 is 2.27 bits per heavy atom. The molecule has 2 atom stereocenters. The Hall–Kier alpha value is -0.650. The highest BCUT2D eigenvalue weighted by molar-refractivity contribution is 5.64. The van der Waals surface area contributed by atoms with Crippen molar-refractivity contribution in [1.29, 1.82) is 0 Å². The first-order valence-electron chi connectivity index (χ1n) is 5.07. The summed E-state index contributed by atoms with van der Waals surface area (Å²) in [5, 5.41) is 19.8. The van der Waals surface area contributed by atoms with E-state index in [1.54, 1.807) is 6.92 Å². The average molecular weight is 217 g/mol. The molecule has 1 aliphatic heterocycles. The number of aliphatic hydroxyl groups is 1. The standard InChI is InChI=1S/C10H19NO4/c1-10(7-12)6-11(2,3)5-8(15-10)4-9(13)14/h8,12H,4-7H2,1-3H3/t8-,10+/m0/s1. The van der Waals surface area contributed by atoms with Gasteiger partial charge < -0.3 is 24.2 Å². The largest absolute Gasteiger partial charge is 0.550 e. The molecular formula is C10H19NO4. The van der Waals surface area contributed by atoms with Crippen LogP contribution in [0.3, 0.4) is 0 Å². The lowest BCUT2D eigenvalue weighted by Gasteiger charge is -2.46. The van der Waals surface area contributed by atoms with Gasteiger partial charge in [-0.1, -0.05) is 0 Å². The summed E-state index contributed by atoms with van der Waals surface area (Å²) >= 11 is 0. The summed E-state index contributed by atoms with van der Waals surface area (Å²) in [4.78, 5) is 10.5. The summed E-state index contributed by atoms with van der Waals surface area (Å²) in [6.07, 6.45) is -0.493. The second kappa shape index (κ2) is 4.08. The molecule has 0 radical (unpaired) electrons. The molecule has 1 heterocycles. The van der Waals surface area contributed by atoms with Crippen LogP contribution in [0.25, 0.3) is 0 Å². The number of ether oxygens (including phenoxy) is 1. The van der Waals surface area contributed by atoms with Gasteiger partial charge in [0, 0.05) is 12.4 Å². The van der Waals surface area contributed by atoms with E-state index in [1.165, 1.54) is 0 Å². The molecule has 0 bridgehead atoms. The molecule has 88 valence electrons. The van der Waals surface area contributed by atoms with Gasteiger partial charge in [0.1, 0.15) is 24.8 Å². The third-order valence-corrected chi connectivity index (χ3v) is 2.64. The molecule has 1 fully saturated rings. The summed E-state index contributed by atoms with van der Waals surface area (Å²) in [6, 6.07) is 0. The SMILES string of the molecule is C[C@]1(CO)C[N+](C)(C)C[C@H](CC(=O)[O-])O1. The highest BCUT2D eigenvalue weighted by atomic mass is 16.5. The molecule has 0 aliphatic carbocycles. The maximum atomic E-state index is 10.5. The fourth-order valence-electron chi connectivity index (χ4n) is 2.38. The quantitative estimate of drug-likeness (QED) is 0.575. The van der Waals surface area contributed by atoms with E-state index in [9.17, 15) is 15.0 Å². The minimum Gasteiger partial charge on any atom is -0.550 e. The Bertz CT molecular complexity index is 254. The Kier molecular flexibility index (Phi) is 3.38. The number of aliphatic hydroxyl groups excluding tert-OH is 1. The van der Waals surface area contributed by atoms with Crippen molar-refractivity contribution in [3.05, 3.63) is 0 Å². The number of carbonyl (C=O) groups excluding carboxylic acids is 1. The molecule has 5 nitrogen and oxygen atoms in total. The first kappa shape index (κ1) is 12.4. The molecule has 0 amide bonds. The van der Waals surface area contributed by atoms with Crippen LogP contribution in [-0.4, -0.2) is 61.1 Å². The van der Waals surface area contributed by atoms with Crippen LogP contribution in [0, 0.1) is 0 Å². The van der Waals surface area contributed by atoms with Gasteiger partial charge in [-0.15, -0.1) is 0 Å². The lowest BCUT2D eigenvalue weighted by molar-refractivity contribution is -0.909. The van der Waals surface area contributed by atoms with Crippen LogP contribution in [0.1, 0.15) is 13.3 Å². The van der Waals surface area contributed by atoms with Crippen molar-refractivity contribution in [1.82, 2.24) is 0 Å². The van der Waals surface area contributed by atoms with Crippen molar-refractivity contribution in [2.75, 3.05) is 33.8 Å². The van der Waals surface area contributed by atoms with Gasteiger partial charge >= 0.3 is 0 Å². The fraction of sp³-hybridized carbons (Fsp3) is 0.900. The molecule has 0 unspecified atom stereocenters. The number of morpholine rings is 1. The second-order valence-electron chi connectivity index (χ2n) is 5.20. The monoisotopic (exact) mass is 217 g/mol. The summed E-state index contributed by atoms with van der Waals surface area (Å²) < 4.78 is 6.23. The van der Waals surface area contributed by atoms with Crippen molar-refractivity contribution in [2.45, 2.75) is 25.0 Å². The van der Waals surface area contributed by atoms with E-state index < -0.39 is 11.6 Å². The number of aliphatic carboxylic acids is 1. The van der Waals surface area contributed by atoms with E-state index in [0.29, 0.717) is 17.6 Å². The molecule has 15 heavy (non-hydrogen) atoms. The Labute approximate surface area is 89.9 Å². The maximum absolute atomic E-state index is 10.5. The van der Waals surface area contributed by atoms with Crippen molar-refractivity contribution in [2.24, 2.45) is 0 Å². The number of likely N-dealkylation sites (N-methyl/N-ethyl adjacent to an activating group) is 1. The van der Waals surface area contributed by atoms with Gasteiger partial charge in [-0.25, -0.2) is 0 Å². The van der Waals surface area contributed by atoms with E-state index in [4.69, 9.17) is 4.74 Å². The maximum Gasteiger partial charge on any atom is 0.138 e. The van der Waals surface area contributed by atoms with Gasteiger partial charge in [0.2, 0.25) is 0 Å². The highest BCUT2D eigenvalue weighted by Crippen LogP contribution is 2.25. The predicted molar refractivity (Wildman–Crippen MR) is 51.8 cm³/mol. The number of carbonyl (C=O) groups is 1. The van der Waals surface area contributed by atoms with Gasteiger partial charge in [0.05, 0.1) is 20.7 Å². The average Bonchev–Trinajstić information content (AvgIpc) is 1.98. The molecule has 1 N–H and O–H groups in total. The summed E-state index contributed by atoms with van der Waals surface area (Å²) in [5.74, 6) is -1.11. The van der Waals surface area contributed by atoms with Crippen molar-refractivity contribution >= 4 is 5.97 Å². The highest BCUT2D eigenvalue weighted by Gasteiger charge is 2.42. The van der Waals surface area contributed by atoms with Crippen molar-refractivity contribution in [3.63, 3.8) is 0 Å². The van der Waals surface area contributed by atoms with Gasteiger partial charge in [-0.05, 0) is 6.92 Å². The van der Waals surface area contributed by atoms with Crippen LogP contribution in [0.15, 0.2) is 0 Å². The number of quaternary nitrogens is 1. The van der Waals surface area contributed by atoms with Crippen molar-refractivity contribution in [3.8, 4) is 0 Å². The lowest BCUT2D eigenvalue weighted by Crippen LogP contribution is -2.63. The van der Waals surface area contributed by atoms with Gasteiger partial charge in [0.25, 0.3) is 0 Å². The molecule has 0 spiro atoms. The number of nitrogens with zero attached hydrogens (tertiary/aromatic N) is 1. The zero-order chi connectivity index (χ0) is 11.7. The number of carboxylic acids is 1. The molecule has 1 rings (SSSR count). The second-order valence-corrected chi connectivity index (χ2v) is 5.20. The summed E-state index contributed by atoms with van der Waals surface area (Å²) in [6.45, 7) is 3.00. The molecule has 1 saturated heterocycles.